The molecule has 3 atom stereocenters. The highest BCUT2D eigenvalue weighted by Crippen LogP contribution is 2.38. The molecule has 3 unspecified atom stereocenters. The van der Waals surface area contributed by atoms with Gasteiger partial charge in [0.05, 0.1) is 33.8 Å². The topological polar surface area (TPSA) is 114 Å². The summed E-state index contributed by atoms with van der Waals surface area (Å²) < 4.78 is 30.5. The second-order valence-corrected chi connectivity index (χ2v) is 27.5. The predicted molar refractivity (Wildman–Crippen MR) is 385 cm³/mol. The maximum absolute atomic E-state index is 13.6. The van der Waals surface area contributed by atoms with Crippen molar-refractivity contribution in [1.29, 1.82) is 0 Å². The molecule has 0 saturated carbocycles. The highest BCUT2D eigenvalue weighted by Gasteiger charge is 2.27. The van der Waals surface area contributed by atoms with E-state index in [-0.39, 0.29) is 24.9 Å². The van der Waals surface area contributed by atoms with E-state index in [9.17, 15) is 19.0 Å². The molecule has 0 fully saturated rings. The zero-order valence-corrected chi connectivity index (χ0v) is 59.8. The Labute approximate surface area is 551 Å². The van der Waals surface area contributed by atoms with Crippen LogP contribution >= 0.6 is 7.82 Å². The molecule has 1 amide bonds. The zero-order valence-electron chi connectivity index (χ0n) is 58.9. The molecule has 0 spiro atoms. The van der Waals surface area contributed by atoms with Crippen LogP contribution in [0.15, 0.2) is 109 Å². The third kappa shape index (κ3) is 68.9. The Hall–Kier alpha value is -3.33. The largest absolute Gasteiger partial charge is 0.756 e. The number of hydrogen-bond acceptors (Lipinski definition) is 7. The van der Waals surface area contributed by atoms with Crippen molar-refractivity contribution >= 4 is 19.7 Å². The summed E-state index contributed by atoms with van der Waals surface area (Å²) in [5.41, 5.74) is 0. The number of phosphoric ester groups is 1. The van der Waals surface area contributed by atoms with Crippen molar-refractivity contribution in [2.75, 3.05) is 40.9 Å². The molecule has 0 bridgehead atoms. The third-order valence-electron chi connectivity index (χ3n) is 16.2. The Balaban J connectivity index is 5.08. The first-order valence-corrected chi connectivity index (χ1v) is 38.7. The summed E-state index contributed by atoms with van der Waals surface area (Å²) in [6, 6.07) is -0.901. The van der Waals surface area contributed by atoms with Crippen LogP contribution in [0.25, 0.3) is 0 Å². The summed E-state index contributed by atoms with van der Waals surface area (Å²) in [4.78, 5) is 40.3. The average Bonchev–Trinajstić information content (AvgIpc) is 3.65. The van der Waals surface area contributed by atoms with Crippen molar-refractivity contribution in [3.8, 4) is 0 Å². The smallest absolute Gasteiger partial charge is 0.306 e. The minimum atomic E-state index is -4.72. The molecular weight excluding hydrogens is 1120 g/mol. The lowest BCUT2D eigenvalue weighted by atomic mass is 10.0. The van der Waals surface area contributed by atoms with E-state index in [0.717, 1.165) is 116 Å². The summed E-state index contributed by atoms with van der Waals surface area (Å²) in [5.74, 6) is -0.547. The number of carbonyl (C=O) groups excluding carboxylic acids is 2. The van der Waals surface area contributed by atoms with Gasteiger partial charge in [-0.3, -0.25) is 14.2 Å². The van der Waals surface area contributed by atoms with Gasteiger partial charge in [0, 0.05) is 12.8 Å². The minimum Gasteiger partial charge on any atom is -0.756 e. The van der Waals surface area contributed by atoms with Crippen LogP contribution in [0.4, 0.5) is 0 Å². The molecule has 0 heterocycles. The summed E-state index contributed by atoms with van der Waals surface area (Å²) in [7, 11) is 1.17. The number of carbonyl (C=O) groups is 2. The first kappa shape index (κ1) is 85.7. The molecule has 514 valence electrons. The molecule has 0 rings (SSSR count). The van der Waals surface area contributed by atoms with Gasteiger partial charge < -0.3 is 28.5 Å². The van der Waals surface area contributed by atoms with Gasteiger partial charge in [0.2, 0.25) is 5.91 Å². The molecule has 0 aliphatic carbocycles. The fourth-order valence-electron chi connectivity index (χ4n) is 10.5. The van der Waals surface area contributed by atoms with E-state index in [1.807, 2.05) is 33.3 Å². The number of rotatable bonds is 67. The first-order valence-electron chi connectivity index (χ1n) is 37.2. The lowest BCUT2D eigenvalue weighted by molar-refractivity contribution is -0.870. The summed E-state index contributed by atoms with van der Waals surface area (Å²) >= 11 is 0. The van der Waals surface area contributed by atoms with Gasteiger partial charge in [-0.15, -0.1) is 0 Å². The summed E-state index contributed by atoms with van der Waals surface area (Å²) in [6.07, 6.45) is 93.5. The van der Waals surface area contributed by atoms with Crippen molar-refractivity contribution in [2.24, 2.45) is 0 Å². The minimum absolute atomic E-state index is 0.0281. The predicted octanol–water partition coefficient (Wildman–Crippen LogP) is 23.4. The van der Waals surface area contributed by atoms with Gasteiger partial charge in [0.1, 0.15) is 19.3 Å². The van der Waals surface area contributed by atoms with Crippen LogP contribution in [0.5, 0.6) is 0 Å². The van der Waals surface area contributed by atoms with Crippen LogP contribution in [0.1, 0.15) is 329 Å². The van der Waals surface area contributed by atoms with Crippen molar-refractivity contribution < 1.29 is 37.3 Å². The Morgan fingerprint density at radius 3 is 1.10 bits per heavy atom. The van der Waals surface area contributed by atoms with Gasteiger partial charge in [-0.2, -0.15) is 0 Å². The van der Waals surface area contributed by atoms with E-state index in [0.29, 0.717) is 17.4 Å². The number of hydrogen-bond donors (Lipinski definition) is 1. The molecular formula is C79H141N2O7P. The van der Waals surface area contributed by atoms with Gasteiger partial charge in [-0.05, 0) is 115 Å². The van der Waals surface area contributed by atoms with Crippen LogP contribution in [0, 0.1) is 0 Å². The van der Waals surface area contributed by atoms with E-state index in [2.05, 4.69) is 123 Å². The van der Waals surface area contributed by atoms with E-state index in [1.54, 1.807) is 0 Å². The highest BCUT2D eigenvalue weighted by atomic mass is 31.2. The number of amides is 1. The Bertz CT molecular complexity index is 1890. The van der Waals surface area contributed by atoms with Crippen molar-refractivity contribution in [3.05, 3.63) is 109 Å². The standard InChI is InChI=1S/C79H141N2O7P/c1-7-10-13-16-19-22-25-28-30-32-34-36-38-39-40-41-43-44-46-48-50-53-56-59-62-65-68-71-78(82)80-76(75-87-89(84,85)86-74-73-81(4,5)6)77(70-67-64-61-58-55-52-27-24-21-18-15-12-9-3)88-79(83)72-69-66-63-60-57-54-51-49-47-45-42-37-35-33-31-29-26-23-20-17-14-11-8-2/h10,13,19-20,22-23,28-31,34,36,39-40,43-44,67,70,76-77H,7-9,11-12,14-18,21,24-27,32-33,35,37-38,41-42,45-66,68-69,71-75H2,1-6H3,(H-,80,82,84,85)/b13-10-,22-19-,23-20-,30-28-,31-29-,36-34-,40-39-,44-43-,70-67-. The van der Waals surface area contributed by atoms with Crippen LogP contribution in [-0.2, 0) is 27.9 Å². The highest BCUT2D eigenvalue weighted by molar-refractivity contribution is 7.45. The fourth-order valence-corrected chi connectivity index (χ4v) is 11.2. The number of phosphoric acid groups is 1. The summed E-state index contributed by atoms with van der Waals surface area (Å²) in [5, 5.41) is 3.04. The molecule has 89 heavy (non-hydrogen) atoms. The SMILES string of the molecule is CC/C=C\C/C=C\C/C=C\C/C=C\C/C=C\C/C=C\CCCCCCCCCCC(=O)NC(COP(=O)([O-])OCC[N+](C)(C)C)C(/C=C\CCCCCCCCCCCCC)OC(=O)CCCCCCCCCCCCCCC/C=C\C/C=C\CCCCC. The average molecular weight is 1260 g/mol. The number of esters is 1. The number of unbranched alkanes of at least 4 members (excludes halogenated alkanes) is 35. The van der Waals surface area contributed by atoms with Crippen LogP contribution in [0.2, 0.25) is 0 Å². The molecule has 0 aliphatic rings. The Kier molecular flexibility index (Phi) is 65.0. The number of quaternary nitrogens is 1. The summed E-state index contributed by atoms with van der Waals surface area (Å²) in [6.45, 7) is 6.73. The lowest BCUT2D eigenvalue weighted by Gasteiger charge is -2.30. The number of allylic oxidation sites excluding steroid dienone is 17. The molecule has 0 aromatic heterocycles. The number of nitrogens with one attached hydrogen (secondary N) is 1. The van der Waals surface area contributed by atoms with Gasteiger partial charge in [-0.1, -0.05) is 310 Å². The quantitative estimate of drug-likeness (QED) is 0.0212. The fraction of sp³-hybridized carbons (Fsp3) is 0.747. The van der Waals surface area contributed by atoms with E-state index < -0.39 is 26.6 Å². The maximum Gasteiger partial charge on any atom is 0.306 e. The van der Waals surface area contributed by atoms with E-state index in [1.165, 1.54) is 180 Å². The van der Waals surface area contributed by atoms with Gasteiger partial charge in [-0.25, -0.2) is 0 Å². The normalized spacial score (nSPS) is 14.1. The molecule has 0 aliphatic heterocycles. The molecule has 1 N–H and O–H groups in total. The van der Waals surface area contributed by atoms with Crippen molar-refractivity contribution in [2.45, 2.75) is 341 Å². The van der Waals surface area contributed by atoms with Gasteiger partial charge in [0.25, 0.3) is 7.82 Å². The molecule has 0 radical (unpaired) electrons. The molecule has 0 aromatic carbocycles. The monoisotopic (exact) mass is 1260 g/mol. The van der Waals surface area contributed by atoms with Crippen LogP contribution in [-0.4, -0.2) is 69.4 Å². The Morgan fingerprint density at radius 1 is 0.404 bits per heavy atom. The second-order valence-electron chi connectivity index (χ2n) is 26.1. The first-order chi connectivity index (χ1) is 43.4. The van der Waals surface area contributed by atoms with E-state index in [4.69, 9.17) is 13.8 Å². The van der Waals surface area contributed by atoms with E-state index >= 15 is 0 Å². The number of ether oxygens (including phenoxy) is 1. The molecule has 9 nitrogen and oxygen atoms in total. The third-order valence-corrected chi connectivity index (χ3v) is 17.2. The number of nitrogens with zero attached hydrogens (tertiary/aromatic N) is 1. The van der Waals surface area contributed by atoms with Gasteiger partial charge >= 0.3 is 5.97 Å². The van der Waals surface area contributed by atoms with Crippen molar-refractivity contribution in [3.63, 3.8) is 0 Å². The number of likely N-dealkylation sites (N-methyl/N-ethyl adjacent to an activating group) is 1. The van der Waals surface area contributed by atoms with Crippen LogP contribution in [0.3, 0.4) is 0 Å². The molecule has 0 saturated heterocycles. The second kappa shape index (κ2) is 67.6. The zero-order chi connectivity index (χ0) is 64.9. The van der Waals surface area contributed by atoms with Gasteiger partial charge in [0.15, 0.2) is 0 Å². The van der Waals surface area contributed by atoms with Crippen LogP contribution < -0.4 is 10.2 Å². The molecule has 0 aromatic rings. The lowest BCUT2D eigenvalue weighted by Crippen LogP contribution is -2.47. The molecule has 10 heteroatoms. The maximum atomic E-state index is 13.6. The Morgan fingerprint density at radius 2 is 0.719 bits per heavy atom. The van der Waals surface area contributed by atoms with Crippen molar-refractivity contribution in [1.82, 2.24) is 5.32 Å².